The number of hydrogen-bond acceptors (Lipinski definition) is 1. The van der Waals surface area contributed by atoms with Gasteiger partial charge in [0.2, 0.25) is 0 Å². The average molecular weight is 246 g/mol. The van der Waals surface area contributed by atoms with Crippen molar-refractivity contribution >= 4 is 22.5 Å². The molecule has 1 nitrogen and oxygen atoms in total. The predicted molar refractivity (Wildman–Crippen MR) is 72.7 cm³/mol. The topological polar surface area (TPSA) is 12.9 Å². The third-order valence-electron chi connectivity index (χ3n) is 3.57. The molecule has 1 aromatic heterocycles. The lowest BCUT2D eigenvalue weighted by molar-refractivity contribution is 0.821. The van der Waals surface area contributed by atoms with E-state index in [1.807, 2.05) is 0 Å². The predicted octanol–water partition coefficient (Wildman–Crippen LogP) is 4.46. The summed E-state index contributed by atoms with van der Waals surface area (Å²) < 4.78 is 0. The van der Waals surface area contributed by atoms with Gasteiger partial charge in [-0.3, -0.25) is 4.98 Å². The van der Waals surface area contributed by atoms with Gasteiger partial charge in [0.1, 0.15) is 0 Å². The van der Waals surface area contributed by atoms with Crippen LogP contribution in [0.2, 0.25) is 5.02 Å². The number of benzene rings is 1. The summed E-state index contributed by atoms with van der Waals surface area (Å²) in [6.07, 6.45) is 3.80. The lowest BCUT2D eigenvalue weighted by Crippen LogP contribution is -1.97. The Balaban J connectivity index is 2.20. The van der Waals surface area contributed by atoms with Crippen molar-refractivity contribution in [3.8, 4) is 0 Å². The molecule has 0 radical (unpaired) electrons. The van der Waals surface area contributed by atoms with Crippen LogP contribution in [0, 0.1) is 19.8 Å². The fraction of sp³-hybridized carbons (Fsp3) is 0.400. The first kappa shape index (κ1) is 11.0. The summed E-state index contributed by atoms with van der Waals surface area (Å²) in [4.78, 5) is 4.67. The normalized spacial score (nSPS) is 15.5. The van der Waals surface area contributed by atoms with Crippen molar-refractivity contribution in [2.24, 2.45) is 5.92 Å². The number of fused-ring (bicyclic) bond motifs is 1. The molecule has 17 heavy (non-hydrogen) atoms. The number of aryl methyl sites for hydroxylation is 2. The monoisotopic (exact) mass is 245 g/mol. The van der Waals surface area contributed by atoms with Gasteiger partial charge in [-0.25, -0.2) is 0 Å². The highest BCUT2D eigenvalue weighted by Gasteiger charge is 2.24. The van der Waals surface area contributed by atoms with E-state index >= 15 is 0 Å². The Morgan fingerprint density at radius 2 is 2.06 bits per heavy atom. The first-order valence-corrected chi connectivity index (χ1v) is 6.58. The van der Waals surface area contributed by atoms with Crippen molar-refractivity contribution in [1.29, 1.82) is 0 Å². The molecule has 1 saturated carbocycles. The summed E-state index contributed by atoms with van der Waals surface area (Å²) >= 11 is 6.55. The van der Waals surface area contributed by atoms with Crippen LogP contribution < -0.4 is 0 Å². The van der Waals surface area contributed by atoms with Crippen LogP contribution in [-0.2, 0) is 6.42 Å². The smallest absolute Gasteiger partial charge is 0.0720 e. The summed E-state index contributed by atoms with van der Waals surface area (Å²) in [7, 11) is 0. The molecule has 1 aliphatic rings. The molecular formula is C15H16ClN. The van der Waals surface area contributed by atoms with Crippen LogP contribution in [0.4, 0.5) is 0 Å². The quantitative estimate of drug-likeness (QED) is 0.761. The van der Waals surface area contributed by atoms with E-state index in [0.29, 0.717) is 0 Å². The van der Waals surface area contributed by atoms with Gasteiger partial charge in [0.05, 0.1) is 10.5 Å². The van der Waals surface area contributed by atoms with Crippen molar-refractivity contribution < 1.29 is 0 Å². The van der Waals surface area contributed by atoms with E-state index in [1.165, 1.54) is 24.0 Å². The molecule has 88 valence electrons. The molecule has 0 atom stereocenters. The average Bonchev–Trinajstić information content (AvgIpc) is 3.09. The first-order valence-electron chi connectivity index (χ1n) is 6.20. The third kappa shape index (κ3) is 2.04. The minimum Gasteiger partial charge on any atom is -0.253 e. The van der Waals surface area contributed by atoms with Gasteiger partial charge in [-0.2, -0.15) is 0 Å². The van der Waals surface area contributed by atoms with Crippen LogP contribution in [0.1, 0.15) is 29.7 Å². The molecule has 0 aliphatic heterocycles. The Kier molecular flexibility index (Phi) is 2.59. The molecular weight excluding hydrogens is 230 g/mol. The minimum atomic E-state index is 0.843. The lowest BCUT2D eigenvalue weighted by Gasteiger charge is -2.11. The molecule has 1 heterocycles. The van der Waals surface area contributed by atoms with Gasteiger partial charge in [0, 0.05) is 11.1 Å². The van der Waals surface area contributed by atoms with E-state index in [1.54, 1.807) is 0 Å². The van der Waals surface area contributed by atoms with Gasteiger partial charge in [0.25, 0.3) is 0 Å². The summed E-state index contributed by atoms with van der Waals surface area (Å²) in [6.45, 7) is 4.17. The molecule has 0 amide bonds. The highest BCUT2D eigenvalue weighted by molar-refractivity contribution is 6.36. The zero-order chi connectivity index (χ0) is 12.0. The molecule has 2 aromatic rings. The maximum Gasteiger partial charge on any atom is 0.0720 e. The number of halogens is 1. The van der Waals surface area contributed by atoms with Gasteiger partial charge >= 0.3 is 0 Å². The zero-order valence-corrected chi connectivity index (χ0v) is 11.0. The second-order valence-electron chi connectivity index (χ2n) is 5.16. The van der Waals surface area contributed by atoms with Crippen LogP contribution in [0.5, 0.6) is 0 Å². The Morgan fingerprint density at radius 1 is 1.29 bits per heavy atom. The van der Waals surface area contributed by atoms with Crippen LogP contribution in [-0.4, -0.2) is 4.98 Å². The summed E-state index contributed by atoms with van der Waals surface area (Å²) in [6, 6.07) is 6.29. The lowest BCUT2D eigenvalue weighted by atomic mass is 10.0. The highest BCUT2D eigenvalue weighted by atomic mass is 35.5. The van der Waals surface area contributed by atoms with Crippen molar-refractivity contribution in [2.45, 2.75) is 33.1 Å². The van der Waals surface area contributed by atoms with E-state index in [-0.39, 0.29) is 0 Å². The number of pyridine rings is 1. The second kappa shape index (κ2) is 3.99. The Bertz CT molecular complexity index is 585. The molecule has 1 fully saturated rings. The second-order valence-corrected chi connectivity index (χ2v) is 5.54. The van der Waals surface area contributed by atoms with Crippen molar-refractivity contribution in [2.75, 3.05) is 0 Å². The summed E-state index contributed by atoms with van der Waals surface area (Å²) in [5.74, 6) is 0.843. The fourth-order valence-corrected chi connectivity index (χ4v) is 2.71. The molecule has 0 unspecified atom stereocenters. The standard InChI is InChI=1S/C15H16ClN/c1-9-3-6-14-13(7-9)15(16)12(10(2)17-14)8-11-4-5-11/h3,6-7,11H,4-5,8H2,1-2H3. The van der Waals surface area contributed by atoms with Gasteiger partial charge in [-0.15, -0.1) is 0 Å². The number of nitrogens with zero attached hydrogens (tertiary/aromatic N) is 1. The van der Waals surface area contributed by atoms with E-state index in [9.17, 15) is 0 Å². The molecule has 0 bridgehead atoms. The summed E-state index contributed by atoms with van der Waals surface area (Å²) in [5.41, 5.74) is 4.60. The Hall–Kier alpha value is -1.08. The number of hydrogen-bond donors (Lipinski definition) is 0. The maximum absolute atomic E-state index is 6.55. The zero-order valence-electron chi connectivity index (χ0n) is 10.3. The number of rotatable bonds is 2. The molecule has 0 N–H and O–H groups in total. The Labute approximate surface area is 107 Å². The van der Waals surface area contributed by atoms with Crippen LogP contribution in [0.15, 0.2) is 18.2 Å². The Morgan fingerprint density at radius 3 is 2.76 bits per heavy atom. The third-order valence-corrected chi connectivity index (χ3v) is 4.00. The first-order chi connectivity index (χ1) is 8.15. The molecule has 0 spiro atoms. The van der Waals surface area contributed by atoms with Crippen LogP contribution >= 0.6 is 11.6 Å². The molecule has 3 rings (SSSR count). The van der Waals surface area contributed by atoms with Crippen LogP contribution in [0.25, 0.3) is 10.9 Å². The number of aromatic nitrogens is 1. The van der Waals surface area contributed by atoms with E-state index in [2.05, 4.69) is 37.0 Å². The van der Waals surface area contributed by atoms with Gasteiger partial charge in [0.15, 0.2) is 0 Å². The van der Waals surface area contributed by atoms with Gasteiger partial charge in [-0.1, -0.05) is 23.2 Å². The van der Waals surface area contributed by atoms with Crippen molar-refractivity contribution in [3.05, 3.63) is 40.0 Å². The largest absolute Gasteiger partial charge is 0.253 e. The van der Waals surface area contributed by atoms with E-state index in [0.717, 1.165) is 34.0 Å². The SMILES string of the molecule is Cc1ccc2nc(C)c(CC3CC3)c(Cl)c2c1. The van der Waals surface area contributed by atoms with Crippen molar-refractivity contribution in [1.82, 2.24) is 4.98 Å². The van der Waals surface area contributed by atoms with Gasteiger partial charge in [-0.05, 0) is 56.7 Å². The fourth-order valence-electron chi connectivity index (χ4n) is 2.34. The maximum atomic E-state index is 6.55. The molecule has 2 heteroatoms. The van der Waals surface area contributed by atoms with Gasteiger partial charge < -0.3 is 0 Å². The molecule has 0 saturated heterocycles. The van der Waals surface area contributed by atoms with Crippen LogP contribution in [0.3, 0.4) is 0 Å². The molecule has 1 aromatic carbocycles. The summed E-state index contributed by atoms with van der Waals surface area (Å²) in [5, 5.41) is 2.02. The minimum absolute atomic E-state index is 0.843. The molecule has 1 aliphatic carbocycles. The van der Waals surface area contributed by atoms with E-state index < -0.39 is 0 Å². The van der Waals surface area contributed by atoms with E-state index in [4.69, 9.17) is 11.6 Å². The van der Waals surface area contributed by atoms with Crippen molar-refractivity contribution in [3.63, 3.8) is 0 Å². The highest BCUT2D eigenvalue weighted by Crippen LogP contribution is 2.37.